The standard InChI is InChI=1S/C15H17N3.C2H6/c1-11(13-8-6-12(10-16)7-9-13)18-15-5-3-2-4-14(15)17;1-2/h2-9,18H,1,10,16-17H2;1-2H3. The third-order valence-corrected chi connectivity index (χ3v) is 2.78. The van der Waals surface area contributed by atoms with Crippen LogP contribution in [0.15, 0.2) is 55.1 Å². The van der Waals surface area contributed by atoms with Crippen molar-refractivity contribution in [3.63, 3.8) is 0 Å². The van der Waals surface area contributed by atoms with Crippen LogP contribution in [0, 0.1) is 0 Å². The van der Waals surface area contributed by atoms with Crippen LogP contribution in [0.1, 0.15) is 25.0 Å². The molecule has 3 nitrogen and oxygen atoms in total. The summed E-state index contributed by atoms with van der Waals surface area (Å²) in [6, 6.07) is 15.6. The predicted octanol–water partition coefficient (Wildman–Crippen LogP) is 3.84. The van der Waals surface area contributed by atoms with Gasteiger partial charge in [0.05, 0.1) is 11.4 Å². The summed E-state index contributed by atoms with van der Waals surface area (Å²) in [6.45, 7) is 8.57. The first-order chi connectivity index (χ1) is 9.70. The second-order valence-corrected chi connectivity index (χ2v) is 4.09. The third-order valence-electron chi connectivity index (χ3n) is 2.78. The number of para-hydroxylation sites is 2. The molecule has 0 saturated carbocycles. The minimum atomic E-state index is 0.547. The SMILES string of the molecule is C=C(Nc1ccccc1N)c1ccc(CN)cc1.CC. The van der Waals surface area contributed by atoms with Gasteiger partial charge in [-0.2, -0.15) is 0 Å². The number of nitrogen functional groups attached to an aromatic ring is 1. The van der Waals surface area contributed by atoms with Gasteiger partial charge in [0.25, 0.3) is 0 Å². The highest BCUT2D eigenvalue weighted by molar-refractivity contribution is 5.80. The average molecular weight is 269 g/mol. The van der Waals surface area contributed by atoms with Crippen molar-refractivity contribution in [2.45, 2.75) is 20.4 Å². The third kappa shape index (κ3) is 4.14. The Balaban J connectivity index is 0.000000956. The van der Waals surface area contributed by atoms with E-state index in [1.54, 1.807) is 0 Å². The summed E-state index contributed by atoms with van der Waals surface area (Å²) in [5.74, 6) is 0. The number of nitrogens with one attached hydrogen (secondary N) is 1. The molecule has 0 amide bonds. The van der Waals surface area contributed by atoms with Gasteiger partial charge in [0.2, 0.25) is 0 Å². The van der Waals surface area contributed by atoms with Crippen LogP contribution in [0.4, 0.5) is 11.4 Å². The monoisotopic (exact) mass is 269 g/mol. The molecule has 0 atom stereocenters. The first-order valence-electron chi connectivity index (χ1n) is 6.80. The topological polar surface area (TPSA) is 64.1 Å². The average Bonchev–Trinajstić information content (AvgIpc) is 2.51. The highest BCUT2D eigenvalue weighted by atomic mass is 14.9. The molecule has 0 aromatic heterocycles. The normalized spacial score (nSPS) is 9.35. The fourth-order valence-corrected chi connectivity index (χ4v) is 1.69. The van der Waals surface area contributed by atoms with E-state index in [-0.39, 0.29) is 0 Å². The van der Waals surface area contributed by atoms with Gasteiger partial charge in [-0.15, -0.1) is 0 Å². The molecule has 0 radical (unpaired) electrons. The van der Waals surface area contributed by atoms with Gasteiger partial charge in [-0.3, -0.25) is 0 Å². The maximum Gasteiger partial charge on any atom is 0.0617 e. The van der Waals surface area contributed by atoms with E-state index < -0.39 is 0 Å². The second kappa shape index (κ2) is 8.02. The summed E-state index contributed by atoms with van der Waals surface area (Å²) in [7, 11) is 0. The minimum absolute atomic E-state index is 0.547. The summed E-state index contributed by atoms with van der Waals surface area (Å²) in [6.07, 6.45) is 0. The van der Waals surface area contributed by atoms with E-state index in [0.29, 0.717) is 12.2 Å². The Morgan fingerprint density at radius 1 is 1.05 bits per heavy atom. The molecule has 5 N–H and O–H groups in total. The van der Waals surface area contributed by atoms with Gasteiger partial charge in [0.1, 0.15) is 0 Å². The van der Waals surface area contributed by atoms with Crippen molar-refractivity contribution in [1.29, 1.82) is 0 Å². The molecule has 0 heterocycles. The van der Waals surface area contributed by atoms with Crippen molar-refractivity contribution >= 4 is 17.1 Å². The Bertz CT molecular complexity index is 544. The zero-order valence-electron chi connectivity index (χ0n) is 12.2. The molecular weight excluding hydrogens is 246 g/mol. The quantitative estimate of drug-likeness (QED) is 0.739. The molecule has 0 aliphatic heterocycles. The zero-order chi connectivity index (χ0) is 15.0. The van der Waals surface area contributed by atoms with Gasteiger partial charge in [-0.1, -0.05) is 56.8 Å². The molecule has 0 fully saturated rings. The van der Waals surface area contributed by atoms with E-state index in [2.05, 4.69) is 11.9 Å². The summed E-state index contributed by atoms with van der Waals surface area (Å²) in [5, 5.41) is 3.21. The Kier molecular flexibility index (Phi) is 6.33. The van der Waals surface area contributed by atoms with Gasteiger partial charge in [-0.05, 0) is 23.3 Å². The van der Waals surface area contributed by atoms with Crippen LogP contribution >= 0.6 is 0 Å². The van der Waals surface area contributed by atoms with Crippen molar-refractivity contribution in [1.82, 2.24) is 0 Å². The highest BCUT2D eigenvalue weighted by Crippen LogP contribution is 2.22. The zero-order valence-corrected chi connectivity index (χ0v) is 12.2. The first-order valence-corrected chi connectivity index (χ1v) is 6.80. The maximum absolute atomic E-state index is 5.87. The molecule has 2 aromatic carbocycles. The highest BCUT2D eigenvalue weighted by Gasteiger charge is 2.02. The summed E-state index contributed by atoms with van der Waals surface area (Å²) in [5.41, 5.74) is 16.0. The molecule has 0 unspecified atom stereocenters. The van der Waals surface area contributed by atoms with Crippen molar-refractivity contribution in [2.24, 2.45) is 5.73 Å². The number of nitrogens with two attached hydrogens (primary N) is 2. The van der Waals surface area contributed by atoms with E-state index in [1.807, 2.05) is 62.4 Å². The van der Waals surface area contributed by atoms with Crippen molar-refractivity contribution in [3.8, 4) is 0 Å². The van der Waals surface area contributed by atoms with Gasteiger partial charge in [0, 0.05) is 12.2 Å². The maximum atomic E-state index is 5.87. The number of rotatable bonds is 4. The van der Waals surface area contributed by atoms with E-state index >= 15 is 0 Å². The van der Waals surface area contributed by atoms with E-state index in [9.17, 15) is 0 Å². The van der Waals surface area contributed by atoms with Crippen molar-refractivity contribution in [2.75, 3.05) is 11.1 Å². The minimum Gasteiger partial charge on any atom is -0.397 e. The van der Waals surface area contributed by atoms with Crippen LogP contribution in [-0.2, 0) is 6.54 Å². The Morgan fingerprint density at radius 3 is 2.20 bits per heavy atom. The van der Waals surface area contributed by atoms with Gasteiger partial charge < -0.3 is 16.8 Å². The Hall–Kier alpha value is -2.26. The van der Waals surface area contributed by atoms with Crippen LogP contribution in [0.3, 0.4) is 0 Å². The number of hydrogen-bond acceptors (Lipinski definition) is 3. The van der Waals surface area contributed by atoms with Gasteiger partial charge in [-0.25, -0.2) is 0 Å². The molecule has 20 heavy (non-hydrogen) atoms. The molecule has 0 bridgehead atoms. The number of hydrogen-bond donors (Lipinski definition) is 3. The largest absolute Gasteiger partial charge is 0.397 e. The lowest BCUT2D eigenvalue weighted by Crippen LogP contribution is -2.01. The Labute approximate surface area is 121 Å². The van der Waals surface area contributed by atoms with Gasteiger partial charge in [0.15, 0.2) is 0 Å². The number of anilines is 2. The van der Waals surface area contributed by atoms with Crippen LogP contribution < -0.4 is 16.8 Å². The van der Waals surface area contributed by atoms with E-state index in [4.69, 9.17) is 11.5 Å². The first kappa shape index (κ1) is 15.8. The molecule has 106 valence electrons. The van der Waals surface area contributed by atoms with Crippen LogP contribution in [0.5, 0.6) is 0 Å². The molecule has 2 rings (SSSR count). The predicted molar refractivity (Wildman–Crippen MR) is 89.2 cm³/mol. The summed E-state index contributed by atoms with van der Waals surface area (Å²) in [4.78, 5) is 0. The van der Waals surface area contributed by atoms with Crippen LogP contribution in [0.25, 0.3) is 5.70 Å². The summed E-state index contributed by atoms with van der Waals surface area (Å²) < 4.78 is 0. The fourth-order valence-electron chi connectivity index (χ4n) is 1.69. The van der Waals surface area contributed by atoms with E-state index in [1.165, 1.54) is 0 Å². The summed E-state index contributed by atoms with van der Waals surface area (Å²) >= 11 is 0. The molecule has 0 spiro atoms. The molecule has 0 aliphatic rings. The number of benzene rings is 2. The van der Waals surface area contributed by atoms with E-state index in [0.717, 1.165) is 22.5 Å². The lowest BCUT2D eigenvalue weighted by Gasteiger charge is -2.12. The fraction of sp³-hybridized carbons (Fsp3) is 0.176. The van der Waals surface area contributed by atoms with Crippen molar-refractivity contribution < 1.29 is 0 Å². The molecule has 0 aliphatic carbocycles. The smallest absolute Gasteiger partial charge is 0.0617 e. The lowest BCUT2D eigenvalue weighted by atomic mass is 10.1. The van der Waals surface area contributed by atoms with Crippen LogP contribution in [-0.4, -0.2) is 0 Å². The molecular formula is C17H23N3. The molecule has 3 heteroatoms. The van der Waals surface area contributed by atoms with Crippen molar-refractivity contribution in [3.05, 3.63) is 66.2 Å². The van der Waals surface area contributed by atoms with Crippen LogP contribution in [0.2, 0.25) is 0 Å². The van der Waals surface area contributed by atoms with Gasteiger partial charge >= 0.3 is 0 Å². The lowest BCUT2D eigenvalue weighted by molar-refractivity contribution is 1.07. The Morgan fingerprint density at radius 2 is 1.65 bits per heavy atom. The second-order valence-electron chi connectivity index (χ2n) is 4.09. The molecule has 0 saturated heterocycles. The molecule has 2 aromatic rings.